The fourth-order valence-corrected chi connectivity index (χ4v) is 9.03. The monoisotopic (exact) mass is 799 g/mol. The molecule has 0 radical (unpaired) electrons. The Morgan fingerprint density at radius 3 is 2.47 bits per heavy atom. The summed E-state index contributed by atoms with van der Waals surface area (Å²) >= 11 is 6.24. The lowest BCUT2D eigenvalue weighted by atomic mass is 9.49. The second-order valence-corrected chi connectivity index (χ2v) is 16.8. The van der Waals surface area contributed by atoms with Crippen LogP contribution in [0.15, 0.2) is 59.7 Å². The van der Waals surface area contributed by atoms with Crippen LogP contribution < -0.4 is 30.7 Å². The molecule has 15 nitrogen and oxygen atoms in total. The number of piperidine rings is 1. The Morgan fingerprint density at radius 1 is 1.04 bits per heavy atom. The van der Waals surface area contributed by atoms with E-state index in [0.29, 0.717) is 46.3 Å². The van der Waals surface area contributed by atoms with Gasteiger partial charge in [0.1, 0.15) is 41.8 Å². The number of carbonyl (C=O) groups is 2. The van der Waals surface area contributed by atoms with Gasteiger partial charge < -0.3 is 30.1 Å². The quantitative estimate of drug-likeness (QED) is 0.165. The second-order valence-electron chi connectivity index (χ2n) is 16.4. The lowest BCUT2D eigenvalue weighted by molar-refractivity contribution is -0.164. The lowest BCUT2D eigenvalue weighted by Crippen LogP contribution is -2.74. The average molecular weight is 800 g/mol. The molecule has 3 N–H and O–H groups in total. The van der Waals surface area contributed by atoms with Gasteiger partial charge in [-0.05, 0) is 68.6 Å². The number of halogens is 1. The molecule has 2 unspecified atom stereocenters. The summed E-state index contributed by atoms with van der Waals surface area (Å²) in [6.45, 7) is 13.4. The number of benzene rings is 1. The number of aliphatic hydroxyl groups is 1. The van der Waals surface area contributed by atoms with Crippen molar-refractivity contribution in [3.63, 3.8) is 0 Å². The van der Waals surface area contributed by atoms with Gasteiger partial charge in [-0.2, -0.15) is 5.26 Å². The Balaban J connectivity index is 0.812. The maximum Gasteiger partial charge on any atom is 0.350 e. The molecule has 2 saturated heterocycles. The van der Waals surface area contributed by atoms with Crippen LogP contribution in [0.3, 0.4) is 0 Å². The molecule has 1 aliphatic carbocycles. The molecule has 3 fully saturated rings. The van der Waals surface area contributed by atoms with Crippen molar-refractivity contribution in [3.05, 3.63) is 81.5 Å². The molecule has 3 aliphatic rings. The summed E-state index contributed by atoms with van der Waals surface area (Å²) in [5.74, 6) is 1.60. The lowest BCUT2D eigenvalue weighted by Gasteiger charge is -2.63. The smallest absolute Gasteiger partial charge is 0.350 e. The number of nitrogens with one attached hydrogen (secondary N) is 2. The van der Waals surface area contributed by atoms with Crippen LogP contribution in [-0.4, -0.2) is 98.7 Å². The van der Waals surface area contributed by atoms with Crippen LogP contribution in [0.4, 0.5) is 5.82 Å². The molecule has 1 saturated carbocycles. The van der Waals surface area contributed by atoms with Crippen molar-refractivity contribution in [2.45, 2.75) is 84.2 Å². The predicted octanol–water partition coefficient (Wildman–Crippen LogP) is 4.17. The number of anilines is 1. The molecule has 4 aromatic rings. The summed E-state index contributed by atoms with van der Waals surface area (Å²) in [6, 6.07) is 13.6. The van der Waals surface area contributed by atoms with Gasteiger partial charge >= 0.3 is 5.69 Å². The van der Waals surface area contributed by atoms with E-state index in [0.717, 1.165) is 57.8 Å². The summed E-state index contributed by atoms with van der Waals surface area (Å²) in [7, 11) is 0. The number of unbranched alkanes of at least 4 members (excludes halogenated alkanes) is 2. The molecule has 2 atom stereocenters. The second kappa shape index (κ2) is 16.4. The predicted molar refractivity (Wildman–Crippen MR) is 214 cm³/mol. The number of hydrogen-bond donors (Lipinski definition) is 3. The van der Waals surface area contributed by atoms with Crippen molar-refractivity contribution in [1.82, 2.24) is 34.7 Å². The van der Waals surface area contributed by atoms with Gasteiger partial charge in [-0.1, -0.05) is 39.3 Å². The first-order valence-corrected chi connectivity index (χ1v) is 20.0. The molecule has 7 rings (SSSR count). The number of fused-ring (bicyclic) bond motifs is 1. The molecule has 0 bridgehead atoms. The van der Waals surface area contributed by atoms with Gasteiger partial charge in [0, 0.05) is 61.7 Å². The van der Waals surface area contributed by atoms with Gasteiger partial charge in [-0.25, -0.2) is 18.9 Å². The third kappa shape index (κ3) is 8.30. The van der Waals surface area contributed by atoms with E-state index < -0.39 is 12.3 Å². The first kappa shape index (κ1) is 40.0. The van der Waals surface area contributed by atoms with E-state index in [9.17, 15) is 24.8 Å². The third-order valence-corrected chi connectivity index (χ3v) is 12.0. The minimum atomic E-state index is -1.16. The molecule has 57 heavy (non-hydrogen) atoms. The fraction of sp³-hybridized carbons (Fsp3) is 0.512. The number of aromatic nitrogens is 4. The van der Waals surface area contributed by atoms with Crippen LogP contribution in [0, 0.1) is 22.2 Å². The number of hydrogen-bond acceptors (Lipinski definition) is 11. The average Bonchev–Trinajstić information content (AvgIpc) is 3.52. The molecule has 5 heterocycles. The van der Waals surface area contributed by atoms with Crippen LogP contribution in [-0.2, 0) is 4.79 Å². The topological polar surface area (TPSA) is 179 Å². The number of nitriles is 1. The first-order valence-electron chi connectivity index (χ1n) is 19.6. The normalized spacial score (nSPS) is 23.0. The van der Waals surface area contributed by atoms with Crippen LogP contribution in [0.1, 0.15) is 81.8 Å². The Morgan fingerprint density at radius 2 is 1.79 bits per heavy atom. The summed E-state index contributed by atoms with van der Waals surface area (Å²) in [5, 5.41) is 29.8. The molecule has 0 spiro atoms. The Labute approximate surface area is 336 Å². The Hall–Kier alpha value is -5.17. The standard InChI is InChI=1S/C41H50ClN9O6/c1-40(2)37(41(3,4)38(40)57-28-10-8-26(23-43)30(42)22-28)46-35(53)27-9-13-32(44-24-27)49-19-17-48(18-20-49)16-6-5-7-21-56-29-11-14-33-47-51(39(55)50(33)25-29)31-12-15-34(52)45-36(31)54/h8-11,13-14,22,24-25,31,36-38,54H,5-7,12,15-21H2,1-4H3,(H,45,52)(H,46,53). The van der Waals surface area contributed by atoms with E-state index >= 15 is 0 Å². The maximum absolute atomic E-state index is 13.4. The third-order valence-electron chi connectivity index (χ3n) is 11.7. The molecule has 302 valence electrons. The van der Waals surface area contributed by atoms with Crippen molar-refractivity contribution < 1.29 is 24.2 Å². The van der Waals surface area contributed by atoms with Crippen molar-refractivity contribution in [3.8, 4) is 17.6 Å². The van der Waals surface area contributed by atoms with Gasteiger partial charge in [-0.15, -0.1) is 5.10 Å². The summed E-state index contributed by atoms with van der Waals surface area (Å²) in [5.41, 5.74) is 0.231. The Kier molecular flexibility index (Phi) is 11.5. The van der Waals surface area contributed by atoms with Crippen LogP contribution in [0.5, 0.6) is 11.5 Å². The van der Waals surface area contributed by atoms with Gasteiger partial charge in [-0.3, -0.25) is 14.5 Å². The van der Waals surface area contributed by atoms with Gasteiger partial charge in [0.15, 0.2) is 5.65 Å². The van der Waals surface area contributed by atoms with Gasteiger partial charge in [0.2, 0.25) is 5.91 Å². The van der Waals surface area contributed by atoms with Crippen molar-refractivity contribution in [1.29, 1.82) is 5.26 Å². The largest absolute Gasteiger partial charge is 0.492 e. The van der Waals surface area contributed by atoms with Crippen molar-refractivity contribution in [2.75, 3.05) is 44.2 Å². The van der Waals surface area contributed by atoms with Crippen LogP contribution in [0.25, 0.3) is 5.65 Å². The van der Waals surface area contributed by atoms with E-state index in [2.05, 4.69) is 64.3 Å². The first-order chi connectivity index (χ1) is 27.3. The zero-order valence-electron chi connectivity index (χ0n) is 32.8. The van der Waals surface area contributed by atoms with E-state index in [1.54, 1.807) is 42.7 Å². The van der Waals surface area contributed by atoms with E-state index in [1.165, 1.54) is 9.08 Å². The minimum absolute atomic E-state index is 0.145. The van der Waals surface area contributed by atoms with E-state index in [1.807, 2.05) is 12.1 Å². The summed E-state index contributed by atoms with van der Waals surface area (Å²) in [6.07, 6.45) is 5.40. The number of rotatable bonds is 13. The molecular weight excluding hydrogens is 750 g/mol. The molecule has 16 heteroatoms. The zero-order chi connectivity index (χ0) is 40.5. The van der Waals surface area contributed by atoms with E-state index in [4.69, 9.17) is 21.1 Å². The van der Waals surface area contributed by atoms with Crippen LogP contribution >= 0.6 is 11.6 Å². The number of carbonyl (C=O) groups excluding carboxylic acids is 2. The highest BCUT2D eigenvalue weighted by atomic mass is 35.5. The highest BCUT2D eigenvalue weighted by Gasteiger charge is 2.64. The molecule has 3 aromatic heterocycles. The summed E-state index contributed by atoms with van der Waals surface area (Å²) < 4.78 is 14.9. The number of aliphatic hydroxyl groups excluding tert-OH is 1. The molecule has 1 aromatic carbocycles. The van der Waals surface area contributed by atoms with Gasteiger partial charge in [0.25, 0.3) is 5.91 Å². The highest BCUT2D eigenvalue weighted by molar-refractivity contribution is 6.31. The number of amides is 2. The van der Waals surface area contributed by atoms with Crippen molar-refractivity contribution >= 4 is 34.9 Å². The number of pyridine rings is 2. The Bertz CT molecular complexity index is 2190. The van der Waals surface area contributed by atoms with Crippen molar-refractivity contribution in [2.24, 2.45) is 10.8 Å². The van der Waals surface area contributed by atoms with Gasteiger partial charge in [0.05, 0.1) is 29.0 Å². The number of piperazine rings is 1. The van der Waals surface area contributed by atoms with Crippen LogP contribution in [0.2, 0.25) is 5.02 Å². The minimum Gasteiger partial charge on any atom is -0.492 e. The number of nitrogens with zero attached hydrogens (tertiary/aromatic N) is 7. The molecule has 2 amide bonds. The highest BCUT2D eigenvalue weighted by Crippen LogP contribution is 2.55. The maximum atomic E-state index is 13.4. The van der Waals surface area contributed by atoms with E-state index in [-0.39, 0.29) is 46.9 Å². The summed E-state index contributed by atoms with van der Waals surface area (Å²) in [4.78, 5) is 47.3. The fourth-order valence-electron chi connectivity index (χ4n) is 8.82. The molecular formula is C41H50ClN9O6. The molecule has 2 aliphatic heterocycles. The number of ether oxygens (including phenoxy) is 2. The SMILES string of the molecule is CC1(C)C(NC(=O)c2ccc(N3CCN(CCCCCOc4ccc5nn(C6CCC(=O)NC6O)c(=O)n5c4)CC3)nc2)C(C)(C)C1Oc1ccc(C#N)c(Cl)c1. The zero-order valence-corrected chi connectivity index (χ0v) is 33.5.